The third-order valence-electron chi connectivity index (χ3n) is 2.63. The minimum absolute atomic E-state index is 0.201. The van der Waals surface area contributed by atoms with E-state index in [0.717, 1.165) is 12.0 Å². The van der Waals surface area contributed by atoms with Crippen LogP contribution in [0.25, 0.3) is 0 Å². The molecule has 1 rings (SSSR count). The van der Waals surface area contributed by atoms with Crippen molar-refractivity contribution in [3.8, 4) is 5.75 Å². The summed E-state index contributed by atoms with van der Waals surface area (Å²) in [6, 6.07) is 5.99. The van der Waals surface area contributed by atoms with Gasteiger partial charge in [-0.3, -0.25) is 4.79 Å². The van der Waals surface area contributed by atoms with Crippen LogP contribution in [0.2, 0.25) is 0 Å². The van der Waals surface area contributed by atoms with Crippen molar-refractivity contribution >= 4 is 5.97 Å². The second-order valence-electron chi connectivity index (χ2n) is 4.83. The van der Waals surface area contributed by atoms with Crippen molar-refractivity contribution in [3.05, 3.63) is 29.8 Å². The Balaban J connectivity index is 0. The molecule has 128 valence electrons. The Morgan fingerprint density at radius 1 is 1.14 bits per heavy atom. The van der Waals surface area contributed by atoms with Crippen LogP contribution in [-0.4, -0.2) is 23.7 Å². The van der Waals surface area contributed by atoms with E-state index in [-0.39, 0.29) is 11.7 Å². The first-order valence-corrected chi connectivity index (χ1v) is 8.19. The molecule has 0 bridgehead atoms. The molecule has 0 aliphatic heterocycles. The van der Waals surface area contributed by atoms with Crippen molar-refractivity contribution < 1.29 is 14.6 Å². The maximum absolute atomic E-state index is 11.6. The lowest BCUT2D eigenvalue weighted by molar-refractivity contribution is -0.145. The maximum Gasteiger partial charge on any atom is 0.323 e. The minimum atomic E-state index is -0.651. The van der Waals surface area contributed by atoms with Crippen LogP contribution in [0.5, 0.6) is 5.75 Å². The molecule has 3 N–H and O–H groups in total. The zero-order chi connectivity index (χ0) is 17.5. The van der Waals surface area contributed by atoms with Gasteiger partial charge in [0.2, 0.25) is 0 Å². The Morgan fingerprint density at radius 2 is 1.64 bits per heavy atom. The van der Waals surface area contributed by atoms with Gasteiger partial charge < -0.3 is 15.6 Å². The van der Waals surface area contributed by atoms with Crippen LogP contribution in [0, 0.1) is 5.92 Å². The van der Waals surface area contributed by atoms with Gasteiger partial charge in [0, 0.05) is 0 Å². The number of esters is 1. The van der Waals surface area contributed by atoms with Crippen LogP contribution in [0.1, 0.15) is 53.5 Å². The third-order valence-corrected chi connectivity index (χ3v) is 2.63. The van der Waals surface area contributed by atoms with Gasteiger partial charge in [0.1, 0.15) is 11.8 Å². The van der Waals surface area contributed by atoms with Crippen LogP contribution in [-0.2, 0) is 16.0 Å². The van der Waals surface area contributed by atoms with Crippen molar-refractivity contribution in [2.45, 2.75) is 60.4 Å². The number of ether oxygens (including phenoxy) is 1. The highest BCUT2D eigenvalue weighted by atomic mass is 16.5. The third kappa shape index (κ3) is 11.1. The number of carbonyl (C=O) groups excluding carboxylic acids is 1. The second-order valence-corrected chi connectivity index (χ2v) is 4.83. The number of rotatable bonds is 6. The summed E-state index contributed by atoms with van der Waals surface area (Å²) >= 11 is 0. The van der Waals surface area contributed by atoms with E-state index in [1.165, 1.54) is 0 Å². The lowest BCUT2D eigenvalue weighted by atomic mass is 10.1. The molecule has 1 aromatic carbocycles. The monoisotopic (exact) mass is 311 g/mol. The zero-order valence-electron chi connectivity index (χ0n) is 14.9. The summed E-state index contributed by atoms with van der Waals surface area (Å²) in [5.41, 5.74) is 6.67. The number of nitrogens with two attached hydrogens (primary N) is 1. The fourth-order valence-electron chi connectivity index (χ4n) is 1.47. The van der Waals surface area contributed by atoms with Crippen LogP contribution >= 0.6 is 0 Å². The summed E-state index contributed by atoms with van der Waals surface area (Å²) in [5, 5.41) is 9.15. The quantitative estimate of drug-likeness (QED) is 0.781. The molecular weight excluding hydrogens is 278 g/mol. The maximum atomic E-state index is 11.6. The SMILES string of the molecule is CC.CC.CC(C)CCOC(=O)C(N)Cc1ccc(O)cc1. The molecule has 0 aliphatic rings. The van der Waals surface area contributed by atoms with Crippen LogP contribution in [0.3, 0.4) is 0 Å². The predicted octanol–water partition coefficient (Wildman–Crippen LogP) is 3.90. The highest BCUT2D eigenvalue weighted by molar-refractivity contribution is 5.75. The number of aromatic hydroxyl groups is 1. The van der Waals surface area contributed by atoms with Gasteiger partial charge in [0.05, 0.1) is 6.61 Å². The van der Waals surface area contributed by atoms with Crippen LogP contribution < -0.4 is 5.73 Å². The Hall–Kier alpha value is -1.55. The number of hydrogen-bond acceptors (Lipinski definition) is 4. The van der Waals surface area contributed by atoms with Crippen molar-refractivity contribution in [2.24, 2.45) is 11.7 Å². The molecule has 1 aromatic rings. The summed E-state index contributed by atoms with van der Waals surface area (Å²) in [7, 11) is 0. The van der Waals surface area contributed by atoms with E-state index >= 15 is 0 Å². The fourth-order valence-corrected chi connectivity index (χ4v) is 1.47. The predicted molar refractivity (Wildman–Crippen MR) is 92.9 cm³/mol. The van der Waals surface area contributed by atoms with Crippen molar-refractivity contribution in [3.63, 3.8) is 0 Å². The lowest BCUT2D eigenvalue weighted by Crippen LogP contribution is -2.34. The number of phenolic OH excluding ortho intramolecular Hbond substituents is 1. The first kappa shape index (κ1) is 22.7. The van der Waals surface area contributed by atoms with Gasteiger partial charge in [0.15, 0.2) is 0 Å². The van der Waals surface area contributed by atoms with E-state index < -0.39 is 6.04 Å². The molecule has 0 amide bonds. The van der Waals surface area contributed by atoms with E-state index in [0.29, 0.717) is 18.9 Å². The molecule has 0 spiro atoms. The van der Waals surface area contributed by atoms with E-state index in [4.69, 9.17) is 15.6 Å². The van der Waals surface area contributed by atoms with Gasteiger partial charge in [0.25, 0.3) is 0 Å². The molecular formula is C18H33NO3. The Labute approximate surface area is 135 Å². The van der Waals surface area contributed by atoms with Gasteiger partial charge in [-0.25, -0.2) is 0 Å². The summed E-state index contributed by atoms with van der Waals surface area (Å²) in [6.45, 7) is 12.6. The van der Waals surface area contributed by atoms with Crippen molar-refractivity contribution in [2.75, 3.05) is 6.61 Å². The number of hydrogen-bond donors (Lipinski definition) is 2. The summed E-state index contributed by atoms with van der Waals surface area (Å²) < 4.78 is 5.10. The molecule has 0 fully saturated rings. The first-order chi connectivity index (χ1) is 10.5. The molecule has 0 saturated heterocycles. The van der Waals surface area contributed by atoms with Gasteiger partial charge in [-0.05, 0) is 36.5 Å². The first-order valence-electron chi connectivity index (χ1n) is 8.19. The highest BCUT2D eigenvalue weighted by Crippen LogP contribution is 2.11. The number of carbonyl (C=O) groups is 1. The lowest BCUT2D eigenvalue weighted by Gasteiger charge is -2.12. The van der Waals surface area contributed by atoms with Gasteiger partial charge in [-0.15, -0.1) is 0 Å². The van der Waals surface area contributed by atoms with Crippen molar-refractivity contribution in [1.29, 1.82) is 0 Å². The van der Waals surface area contributed by atoms with Gasteiger partial charge in [-0.2, -0.15) is 0 Å². The minimum Gasteiger partial charge on any atom is -0.508 e. The normalized spacial score (nSPS) is 10.7. The van der Waals surface area contributed by atoms with Gasteiger partial charge >= 0.3 is 5.97 Å². The largest absolute Gasteiger partial charge is 0.508 e. The van der Waals surface area contributed by atoms with Crippen molar-refractivity contribution in [1.82, 2.24) is 0 Å². The Bertz CT molecular complexity index is 374. The molecule has 0 aromatic heterocycles. The average molecular weight is 311 g/mol. The Morgan fingerprint density at radius 3 is 2.09 bits per heavy atom. The van der Waals surface area contributed by atoms with E-state index in [1.54, 1.807) is 24.3 Å². The van der Waals surface area contributed by atoms with E-state index in [2.05, 4.69) is 13.8 Å². The van der Waals surface area contributed by atoms with E-state index in [9.17, 15) is 4.79 Å². The van der Waals surface area contributed by atoms with Crippen LogP contribution in [0.4, 0.5) is 0 Å². The zero-order valence-corrected chi connectivity index (χ0v) is 14.9. The molecule has 1 unspecified atom stereocenters. The highest BCUT2D eigenvalue weighted by Gasteiger charge is 2.15. The summed E-state index contributed by atoms with van der Waals surface area (Å²) in [4.78, 5) is 11.6. The molecule has 0 saturated carbocycles. The van der Waals surface area contributed by atoms with Gasteiger partial charge in [-0.1, -0.05) is 53.7 Å². The van der Waals surface area contributed by atoms with E-state index in [1.807, 2.05) is 27.7 Å². The molecule has 0 aliphatic carbocycles. The molecule has 22 heavy (non-hydrogen) atoms. The number of benzene rings is 1. The summed E-state index contributed by atoms with van der Waals surface area (Å²) in [6.07, 6.45) is 1.26. The molecule has 0 radical (unpaired) electrons. The molecule has 0 heterocycles. The summed E-state index contributed by atoms with van der Waals surface area (Å²) in [5.74, 6) is 0.335. The number of phenols is 1. The standard InChI is InChI=1S/C14H21NO3.2C2H6/c1-10(2)7-8-18-14(17)13(15)9-11-3-5-12(16)6-4-11;2*1-2/h3-6,10,13,16H,7-9,15H2,1-2H3;2*1-2H3. The smallest absolute Gasteiger partial charge is 0.323 e. The molecule has 4 heteroatoms. The average Bonchev–Trinajstić information content (AvgIpc) is 2.53. The second kappa shape index (κ2) is 14.4. The Kier molecular flexibility index (Phi) is 14.9. The molecule has 4 nitrogen and oxygen atoms in total. The molecule has 1 atom stereocenters. The fraction of sp³-hybridized carbons (Fsp3) is 0.611. The van der Waals surface area contributed by atoms with Crippen LogP contribution in [0.15, 0.2) is 24.3 Å². The topological polar surface area (TPSA) is 72.5 Å².